The molecule has 0 fully saturated rings. The van der Waals surface area contributed by atoms with E-state index >= 15 is 0 Å². The summed E-state index contributed by atoms with van der Waals surface area (Å²) < 4.78 is 0. The number of quaternary nitrogens is 3. The molecule has 0 aromatic carbocycles. The predicted molar refractivity (Wildman–Crippen MR) is 146 cm³/mol. The zero-order chi connectivity index (χ0) is 23.2. The molecule has 0 bridgehead atoms. The first kappa shape index (κ1) is 55.1. The summed E-state index contributed by atoms with van der Waals surface area (Å²) >= 11 is 0. The Morgan fingerprint density at radius 1 is 0.250 bits per heavy atom. The first-order chi connectivity index (χ1) is 9.35. The van der Waals surface area contributed by atoms with Crippen LogP contribution in [0.1, 0.15) is 0 Å². The molecule has 0 atom stereocenters. The summed E-state index contributed by atoms with van der Waals surface area (Å²) in [6.07, 6.45) is 0. The average Bonchev–Trinajstić information content (AvgIpc) is 1.92. The first-order valence-corrected chi connectivity index (χ1v) is 41.2. The minimum atomic E-state index is -5.15. The summed E-state index contributed by atoms with van der Waals surface area (Å²) in [4.78, 5) is 0. The molecule has 0 spiro atoms. The molecule has 28 heavy (non-hydrogen) atoms. The van der Waals surface area contributed by atoms with Crippen molar-refractivity contribution in [1.82, 2.24) is 18.5 Å². The van der Waals surface area contributed by atoms with Crippen LogP contribution in [-0.2, 0) is 19.4 Å². The zero-order valence-corrected chi connectivity index (χ0v) is 32.2. The van der Waals surface area contributed by atoms with Crippen molar-refractivity contribution in [2.24, 2.45) is 0 Å². The van der Waals surface area contributed by atoms with Crippen LogP contribution in [0.15, 0.2) is 26.3 Å². The quantitative estimate of drug-likeness (QED) is 0.159. The van der Waals surface area contributed by atoms with Crippen molar-refractivity contribution in [3.63, 3.8) is 0 Å². The van der Waals surface area contributed by atoms with E-state index in [0.29, 0.717) is 0 Å². The molecule has 0 rings (SSSR count). The van der Waals surface area contributed by atoms with Gasteiger partial charge in [0.2, 0.25) is 0 Å². The second-order valence-electron chi connectivity index (χ2n) is 2.14. The number of hydrogen-bond acceptors (Lipinski definition) is 0. The van der Waals surface area contributed by atoms with Gasteiger partial charge in [-0.05, 0) is 0 Å². The van der Waals surface area contributed by atoms with Gasteiger partial charge in [-0.15, -0.1) is 26.3 Å². The Kier molecular flexibility index (Phi) is 26.2. The van der Waals surface area contributed by atoms with Crippen molar-refractivity contribution in [3.8, 4) is 0 Å². The van der Waals surface area contributed by atoms with Crippen LogP contribution >= 0.6 is 174 Å². The van der Waals surface area contributed by atoms with Crippen LogP contribution in [0.5, 0.6) is 0 Å². The van der Waals surface area contributed by atoms with Gasteiger partial charge in [-0.25, -0.2) is 0 Å². The van der Waals surface area contributed by atoms with Gasteiger partial charge in [-0.1, -0.05) is 0 Å². The molecular formula is C4H20Cl18N3Rh3. The second-order valence-corrected chi connectivity index (χ2v) is 114. The van der Waals surface area contributed by atoms with Crippen molar-refractivity contribution in [3.05, 3.63) is 26.3 Å². The van der Waals surface area contributed by atoms with Crippen LogP contribution in [0, 0.1) is 0 Å². The van der Waals surface area contributed by atoms with Gasteiger partial charge in [-0.3, -0.25) is 0 Å². The number of halogens is 18. The van der Waals surface area contributed by atoms with Crippen molar-refractivity contribution >= 4 is 174 Å². The first-order valence-electron chi connectivity index (χ1n) is 3.27. The fourth-order valence-electron chi connectivity index (χ4n) is 0. The Morgan fingerprint density at radius 3 is 0.250 bits per heavy atom. The van der Waals surface area contributed by atoms with Crippen LogP contribution in [0.25, 0.3) is 0 Å². The fourth-order valence-corrected chi connectivity index (χ4v) is 0. The average molecular weight is 1060 g/mol. The molecule has 0 aliphatic heterocycles. The monoisotopic (exact) mass is 1050 g/mol. The van der Waals surface area contributed by atoms with Gasteiger partial charge >= 0.3 is 194 Å². The van der Waals surface area contributed by atoms with Gasteiger partial charge in [0.05, 0.1) is 0 Å². The predicted octanol–water partition coefficient (Wildman–Crippen LogP) is 15.1. The Morgan fingerprint density at radius 2 is 0.250 bits per heavy atom. The van der Waals surface area contributed by atoms with Crippen molar-refractivity contribution in [2.75, 3.05) is 0 Å². The van der Waals surface area contributed by atoms with E-state index in [4.69, 9.17) is 174 Å². The van der Waals surface area contributed by atoms with E-state index in [9.17, 15) is 0 Å². The Labute approximate surface area is 233 Å². The second kappa shape index (κ2) is 13.3. The summed E-state index contributed by atoms with van der Waals surface area (Å²) in [5, 5.41) is 0. The van der Waals surface area contributed by atoms with Crippen molar-refractivity contribution in [2.45, 2.75) is 0 Å². The van der Waals surface area contributed by atoms with Gasteiger partial charge in [0.1, 0.15) is 0 Å². The molecular weight excluding hydrogens is 1040 g/mol. The van der Waals surface area contributed by atoms with E-state index in [1.165, 1.54) is 0 Å². The maximum atomic E-state index is 5.04. The smallest absolute Gasteiger partial charge is 0.369 e. The summed E-state index contributed by atoms with van der Waals surface area (Å²) in [6, 6.07) is 0. The van der Waals surface area contributed by atoms with Gasteiger partial charge in [-0.2, -0.15) is 0 Å². The molecule has 0 radical (unpaired) electrons. The normalized spacial score (nSPS) is 17.6. The van der Waals surface area contributed by atoms with E-state index in [1.807, 2.05) is 0 Å². The topological polar surface area (TPSA) is 110 Å². The maximum absolute atomic E-state index is 5.15. The molecule has 0 aromatic rings. The minimum absolute atomic E-state index is 0. The molecule has 0 unspecified atom stereocenters. The summed E-state index contributed by atoms with van der Waals surface area (Å²) in [6.45, 7) is -3.45. The number of hydrogen-bond donors (Lipinski definition) is 3. The molecule has 3 nitrogen and oxygen atoms in total. The Bertz CT molecular complexity index is 315. The van der Waals surface area contributed by atoms with E-state index in [-0.39, 0.29) is 18.5 Å². The molecule has 0 saturated carbocycles. The van der Waals surface area contributed by atoms with Gasteiger partial charge in [0.25, 0.3) is 0 Å². The van der Waals surface area contributed by atoms with E-state index in [1.54, 1.807) is 0 Å². The van der Waals surface area contributed by atoms with Crippen LogP contribution in [0.2, 0.25) is 0 Å². The van der Waals surface area contributed by atoms with Gasteiger partial charge < -0.3 is 18.5 Å². The summed E-state index contributed by atoms with van der Waals surface area (Å²) in [5.74, 6) is 0. The van der Waals surface area contributed by atoms with E-state index < -0.39 is 19.4 Å². The van der Waals surface area contributed by atoms with Crippen LogP contribution in [-0.4, -0.2) is 0 Å². The minimum Gasteiger partial charge on any atom is -0.369 e. The van der Waals surface area contributed by atoms with Gasteiger partial charge in [0, 0.05) is 0 Å². The van der Waals surface area contributed by atoms with Crippen LogP contribution in [0.4, 0.5) is 0 Å². The Balaban J connectivity index is -0.0000000311. The van der Waals surface area contributed by atoms with Crippen molar-refractivity contribution in [1.29, 1.82) is 0 Å². The molecule has 0 aliphatic carbocycles. The van der Waals surface area contributed by atoms with E-state index in [2.05, 4.69) is 26.3 Å². The molecule has 204 valence electrons. The molecule has 0 heterocycles. The third kappa shape index (κ3) is 771. The molecule has 0 amide bonds. The maximum Gasteiger partial charge on any atom is -0.369 e. The standard InChI is InChI=1S/2C2H4.18ClH.3H3N.3Rh/c2*1-2;;;;;;;;;;;;;;;;;;;;;;;;/h2*1-2H2;18*1H;3*1H3;;;/q;;;;;;;;;;;;;;;;;;;;;;;3*+5/p-15. The Hall–Kier alpha value is 6.45. The largest absolute Gasteiger partial charge is 0.369 e. The number of rotatable bonds is 0. The molecule has 12 N–H and O–H groups in total. The van der Waals surface area contributed by atoms with E-state index in [0.717, 1.165) is 0 Å². The SMILES string of the molecule is C=C.C=C.[Cl][Rh-]([Cl])([Cl])([Cl])([Cl])[Cl].[Cl][Rh-]([Cl])([Cl])([Cl])([Cl])[Cl].[Cl][Rh-]([Cl])([Cl])([Cl])([Cl])[Cl].[NH4+].[NH4+].[NH4+]. The molecule has 24 heteroatoms. The van der Waals surface area contributed by atoms with Gasteiger partial charge in [0.15, 0.2) is 0 Å². The third-order valence-electron chi connectivity index (χ3n) is 0. The molecule has 0 saturated heterocycles. The summed E-state index contributed by atoms with van der Waals surface area (Å²) in [7, 11) is 90.7. The fraction of sp³-hybridized carbons (Fsp3) is 0. The zero-order valence-electron chi connectivity index (χ0n) is 13.6. The molecule has 0 aromatic heterocycles. The van der Waals surface area contributed by atoms with Crippen molar-refractivity contribution < 1.29 is 19.4 Å². The van der Waals surface area contributed by atoms with Crippen LogP contribution < -0.4 is 18.5 Å². The molecule has 0 aliphatic rings. The third-order valence-corrected chi connectivity index (χ3v) is 0. The summed E-state index contributed by atoms with van der Waals surface area (Å²) in [5.41, 5.74) is 0. The van der Waals surface area contributed by atoms with Crippen LogP contribution in [0.3, 0.4) is 0 Å².